The summed E-state index contributed by atoms with van der Waals surface area (Å²) in [4.78, 5) is 6.53. The Hall–Kier alpha value is -1.51. The number of rotatable bonds is 3. The summed E-state index contributed by atoms with van der Waals surface area (Å²) >= 11 is 0. The van der Waals surface area contributed by atoms with Crippen LogP contribution >= 0.6 is 0 Å². The summed E-state index contributed by atoms with van der Waals surface area (Å²) in [7, 11) is 0. The van der Waals surface area contributed by atoms with E-state index < -0.39 is 0 Å². The zero-order chi connectivity index (χ0) is 12.1. The van der Waals surface area contributed by atoms with Gasteiger partial charge in [-0.05, 0) is 39.8 Å². The lowest BCUT2D eigenvalue weighted by atomic mass is 10.2. The van der Waals surface area contributed by atoms with Gasteiger partial charge in [-0.2, -0.15) is 0 Å². The fourth-order valence-corrected chi connectivity index (χ4v) is 1.82. The molecule has 0 unspecified atom stereocenters. The molecule has 88 valence electrons. The number of guanidine groups is 1. The molecule has 16 heavy (non-hydrogen) atoms. The number of para-hydroxylation sites is 1. The lowest BCUT2D eigenvalue weighted by Crippen LogP contribution is -2.46. The number of nitrogens with two attached hydrogens (primary N) is 1. The summed E-state index contributed by atoms with van der Waals surface area (Å²) in [5.74, 6) is 0.580. The molecule has 0 fully saturated rings. The van der Waals surface area contributed by atoms with Crippen molar-refractivity contribution in [2.24, 2.45) is 10.7 Å². The van der Waals surface area contributed by atoms with Crippen LogP contribution in [0.4, 0.5) is 5.69 Å². The van der Waals surface area contributed by atoms with Crippen molar-refractivity contribution in [2.45, 2.75) is 39.8 Å². The maximum absolute atomic E-state index is 6.03. The van der Waals surface area contributed by atoms with Gasteiger partial charge in [-0.1, -0.05) is 18.2 Å². The third-order valence-electron chi connectivity index (χ3n) is 2.38. The highest BCUT2D eigenvalue weighted by molar-refractivity contribution is 5.81. The van der Waals surface area contributed by atoms with E-state index in [0.29, 0.717) is 18.0 Å². The first-order valence-electron chi connectivity index (χ1n) is 5.70. The lowest BCUT2D eigenvalue weighted by molar-refractivity contribution is 0.289. The molecule has 0 saturated heterocycles. The van der Waals surface area contributed by atoms with E-state index in [-0.39, 0.29) is 0 Å². The van der Waals surface area contributed by atoms with E-state index in [1.165, 1.54) is 0 Å². The van der Waals surface area contributed by atoms with Gasteiger partial charge < -0.3 is 10.6 Å². The summed E-state index contributed by atoms with van der Waals surface area (Å²) in [6.07, 6.45) is 0. The molecule has 0 heterocycles. The maximum atomic E-state index is 6.03. The molecule has 0 radical (unpaired) electrons. The molecular weight excluding hydrogens is 198 g/mol. The van der Waals surface area contributed by atoms with Gasteiger partial charge in [0.2, 0.25) is 0 Å². The van der Waals surface area contributed by atoms with Crippen molar-refractivity contribution in [1.29, 1.82) is 0 Å². The fraction of sp³-hybridized carbons (Fsp3) is 0.462. The van der Waals surface area contributed by atoms with E-state index in [4.69, 9.17) is 5.73 Å². The minimum atomic E-state index is 0.354. The third-order valence-corrected chi connectivity index (χ3v) is 2.38. The first-order valence-corrected chi connectivity index (χ1v) is 5.70. The minimum Gasteiger partial charge on any atom is -0.369 e. The first kappa shape index (κ1) is 12.6. The van der Waals surface area contributed by atoms with Crippen LogP contribution in [0.1, 0.15) is 27.7 Å². The predicted octanol–water partition coefficient (Wildman–Crippen LogP) is 2.75. The van der Waals surface area contributed by atoms with Crippen molar-refractivity contribution in [2.75, 3.05) is 0 Å². The molecule has 0 saturated carbocycles. The molecule has 0 aliphatic heterocycles. The Morgan fingerprint density at radius 3 is 2.00 bits per heavy atom. The van der Waals surface area contributed by atoms with E-state index in [1.54, 1.807) is 0 Å². The van der Waals surface area contributed by atoms with Crippen LogP contribution in [0.25, 0.3) is 0 Å². The van der Waals surface area contributed by atoms with E-state index in [1.807, 2.05) is 30.3 Å². The van der Waals surface area contributed by atoms with Gasteiger partial charge in [0.15, 0.2) is 5.96 Å². The molecule has 0 bridgehead atoms. The van der Waals surface area contributed by atoms with Gasteiger partial charge in [-0.25, -0.2) is 4.99 Å². The predicted molar refractivity (Wildman–Crippen MR) is 69.8 cm³/mol. The smallest absolute Gasteiger partial charge is 0.196 e. The van der Waals surface area contributed by atoms with Crippen molar-refractivity contribution in [3.8, 4) is 0 Å². The van der Waals surface area contributed by atoms with Crippen LogP contribution in [0.5, 0.6) is 0 Å². The molecule has 1 rings (SSSR count). The summed E-state index contributed by atoms with van der Waals surface area (Å²) in [6.45, 7) is 8.47. The molecule has 3 heteroatoms. The van der Waals surface area contributed by atoms with Crippen molar-refractivity contribution in [3.05, 3.63) is 30.3 Å². The highest BCUT2D eigenvalue weighted by atomic mass is 15.3. The van der Waals surface area contributed by atoms with Crippen LogP contribution in [0, 0.1) is 0 Å². The lowest BCUT2D eigenvalue weighted by Gasteiger charge is -2.31. The van der Waals surface area contributed by atoms with Crippen molar-refractivity contribution < 1.29 is 0 Å². The standard InChI is InChI=1S/C13H21N3/c1-10(2)16(11(3)4)13(14)15-12-8-6-5-7-9-12/h5-11H,1-4H3,(H2,14,15). The van der Waals surface area contributed by atoms with Crippen LogP contribution in [0.2, 0.25) is 0 Å². The molecule has 0 aliphatic rings. The van der Waals surface area contributed by atoms with E-state index in [0.717, 1.165) is 5.69 Å². The second kappa shape index (κ2) is 5.54. The molecule has 0 atom stereocenters. The highest BCUT2D eigenvalue weighted by Gasteiger charge is 2.15. The number of benzene rings is 1. The van der Waals surface area contributed by atoms with Crippen LogP contribution < -0.4 is 5.73 Å². The van der Waals surface area contributed by atoms with Gasteiger partial charge in [0, 0.05) is 12.1 Å². The highest BCUT2D eigenvalue weighted by Crippen LogP contribution is 2.12. The topological polar surface area (TPSA) is 41.6 Å². The summed E-state index contributed by atoms with van der Waals surface area (Å²) < 4.78 is 0. The second-order valence-electron chi connectivity index (χ2n) is 4.40. The summed E-state index contributed by atoms with van der Waals surface area (Å²) in [6, 6.07) is 10.5. The van der Waals surface area contributed by atoms with Gasteiger partial charge in [-0.15, -0.1) is 0 Å². The van der Waals surface area contributed by atoms with Crippen LogP contribution in [0.15, 0.2) is 35.3 Å². The maximum Gasteiger partial charge on any atom is 0.196 e. The van der Waals surface area contributed by atoms with Gasteiger partial charge in [0.25, 0.3) is 0 Å². The molecular formula is C13H21N3. The largest absolute Gasteiger partial charge is 0.369 e. The molecule has 1 aromatic rings. The van der Waals surface area contributed by atoms with Gasteiger partial charge >= 0.3 is 0 Å². The van der Waals surface area contributed by atoms with Gasteiger partial charge in [0.1, 0.15) is 0 Å². The molecule has 1 aromatic carbocycles. The van der Waals surface area contributed by atoms with E-state index in [2.05, 4.69) is 37.6 Å². The first-order chi connectivity index (χ1) is 7.52. The van der Waals surface area contributed by atoms with Crippen LogP contribution in [0.3, 0.4) is 0 Å². The van der Waals surface area contributed by atoms with E-state index in [9.17, 15) is 0 Å². The summed E-state index contributed by atoms with van der Waals surface area (Å²) in [5, 5.41) is 0. The Morgan fingerprint density at radius 2 is 1.56 bits per heavy atom. The molecule has 3 nitrogen and oxygen atoms in total. The zero-order valence-electron chi connectivity index (χ0n) is 10.5. The fourth-order valence-electron chi connectivity index (χ4n) is 1.82. The Bertz CT molecular complexity index is 333. The Kier molecular flexibility index (Phi) is 4.35. The molecule has 2 N–H and O–H groups in total. The average Bonchev–Trinajstić information content (AvgIpc) is 2.17. The van der Waals surface area contributed by atoms with Crippen molar-refractivity contribution in [3.63, 3.8) is 0 Å². The number of aliphatic imine (C=N–C) groups is 1. The minimum absolute atomic E-state index is 0.354. The van der Waals surface area contributed by atoms with Gasteiger partial charge in [-0.3, -0.25) is 0 Å². The molecule has 0 aromatic heterocycles. The molecule has 0 aliphatic carbocycles. The SMILES string of the molecule is CC(C)N(C(N)=Nc1ccccc1)C(C)C. The number of hydrogen-bond acceptors (Lipinski definition) is 1. The third kappa shape index (κ3) is 3.26. The Morgan fingerprint density at radius 1 is 1.06 bits per heavy atom. The number of nitrogens with zero attached hydrogens (tertiary/aromatic N) is 2. The molecule has 0 spiro atoms. The monoisotopic (exact) mass is 219 g/mol. The quantitative estimate of drug-likeness (QED) is 0.627. The van der Waals surface area contributed by atoms with Crippen LogP contribution in [-0.4, -0.2) is 22.9 Å². The Balaban J connectivity index is 2.91. The van der Waals surface area contributed by atoms with Crippen molar-refractivity contribution in [1.82, 2.24) is 4.90 Å². The number of hydrogen-bond donors (Lipinski definition) is 1. The van der Waals surface area contributed by atoms with E-state index >= 15 is 0 Å². The Labute approximate surface area is 98.0 Å². The van der Waals surface area contributed by atoms with Gasteiger partial charge in [0.05, 0.1) is 5.69 Å². The summed E-state index contributed by atoms with van der Waals surface area (Å²) in [5.41, 5.74) is 6.92. The zero-order valence-corrected chi connectivity index (χ0v) is 10.5. The molecule has 0 amide bonds. The van der Waals surface area contributed by atoms with Crippen molar-refractivity contribution >= 4 is 11.6 Å². The second-order valence-corrected chi connectivity index (χ2v) is 4.40. The normalized spacial score (nSPS) is 12.2. The van der Waals surface area contributed by atoms with Crippen LogP contribution in [-0.2, 0) is 0 Å². The average molecular weight is 219 g/mol.